The number of nitrogens with one attached hydrogen (secondary N) is 1. The number of amides is 1. The van der Waals surface area contributed by atoms with E-state index in [4.69, 9.17) is 10.5 Å². The van der Waals surface area contributed by atoms with Gasteiger partial charge >= 0.3 is 0 Å². The molecule has 7 nitrogen and oxygen atoms in total. The molecule has 0 radical (unpaired) electrons. The van der Waals surface area contributed by atoms with E-state index in [1.54, 1.807) is 7.11 Å². The Morgan fingerprint density at radius 1 is 1.58 bits per heavy atom. The highest BCUT2D eigenvalue weighted by atomic mass is 16.6. The predicted octanol–water partition coefficient (Wildman–Crippen LogP) is 1.33. The van der Waals surface area contributed by atoms with E-state index < -0.39 is 10.8 Å². The lowest BCUT2D eigenvalue weighted by Gasteiger charge is -2.14. The van der Waals surface area contributed by atoms with Gasteiger partial charge in [0.05, 0.1) is 10.5 Å². The Morgan fingerprint density at radius 3 is 2.84 bits per heavy atom. The third-order valence-electron chi connectivity index (χ3n) is 2.66. The number of nitrogens with two attached hydrogens (primary N) is 1. The topological polar surface area (TPSA) is 107 Å². The molecule has 104 valence electrons. The third kappa shape index (κ3) is 3.92. The molecule has 7 heteroatoms. The van der Waals surface area contributed by atoms with Crippen LogP contribution in [0.5, 0.6) is 0 Å². The standard InChI is InChI=1S/C12H17N3O4/c1-8(6-7-19-2)14-12(16)9-4-3-5-10(11(9)13)15(17)18/h3-5,8H,6-7,13H2,1-2H3,(H,14,16). The molecule has 0 spiro atoms. The molecule has 0 fully saturated rings. The summed E-state index contributed by atoms with van der Waals surface area (Å²) in [5, 5.41) is 13.5. The van der Waals surface area contributed by atoms with Crippen LogP contribution in [0.3, 0.4) is 0 Å². The number of anilines is 1. The van der Waals surface area contributed by atoms with Crippen LogP contribution < -0.4 is 11.1 Å². The largest absolute Gasteiger partial charge is 0.393 e. The summed E-state index contributed by atoms with van der Waals surface area (Å²) in [6, 6.07) is 4.05. The van der Waals surface area contributed by atoms with E-state index in [-0.39, 0.29) is 23.0 Å². The molecule has 1 aromatic rings. The molecule has 0 aliphatic heterocycles. The van der Waals surface area contributed by atoms with Crippen molar-refractivity contribution in [3.05, 3.63) is 33.9 Å². The number of rotatable bonds is 6. The summed E-state index contributed by atoms with van der Waals surface area (Å²) in [4.78, 5) is 22.1. The number of para-hydroxylation sites is 1. The quantitative estimate of drug-likeness (QED) is 0.459. The molecule has 3 N–H and O–H groups in total. The Balaban J connectivity index is 2.83. The van der Waals surface area contributed by atoms with Gasteiger partial charge in [-0.2, -0.15) is 0 Å². The van der Waals surface area contributed by atoms with Crippen LogP contribution in [0.15, 0.2) is 18.2 Å². The second-order valence-corrected chi connectivity index (χ2v) is 4.15. The van der Waals surface area contributed by atoms with Crippen molar-refractivity contribution < 1.29 is 14.5 Å². The Hall–Kier alpha value is -2.15. The van der Waals surface area contributed by atoms with E-state index in [1.807, 2.05) is 6.92 Å². The second-order valence-electron chi connectivity index (χ2n) is 4.15. The highest BCUT2D eigenvalue weighted by molar-refractivity contribution is 6.01. The van der Waals surface area contributed by atoms with Crippen LogP contribution in [0, 0.1) is 10.1 Å². The maximum absolute atomic E-state index is 12.0. The fraction of sp³-hybridized carbons (Fsp3) is 0.417. The number of ether oxygens (including phenoxy) is 1. The molecule has 1 unspecified atom stereocenters. The molecule has 19 heavy (non-hydrogen) atoms. The molecular weight excluding hydrogens is 250 g/mol. The highest BCUT2D eigenvalue weighted by Crippen LogP contribution is 2.24. The van der Waals surface area contributed by atoms with Gasteiger partial charge in [0.2, 0.25) is 0 Å². The first-order valence-corrected chi connectivity index (χ1v) is 5.80. The molecule has 0 saturated carbocycles. The van der Waals surface area contributed by atoms with Gasteiger partial charge in [0.25, 0.3) is 11.6 Å². The lowest BCUT2D eigenvalue weighted by Crippen LogP contribution is -2.33. The summed E-state index contributed by atoms with van der Waals surface area (Å²) in [5.41, 5.74) is 5.36. The van der Waals surface area contributed by atoms with E-state index in [0.717, 1.165) is 0 Å². The number of nitro groups is 1. The number of nitrogens with zero attached hydrogens (tertiary/aromatic N) is 1. The minimum Gasteiger partial charge on any atom is -0.393 e. The lowest BCUT2D eigenvalue weighted by atomic mass is 10.1. The molecule has 0 aliphatic rings. The number of hydrogen-bond donors (Lipinski definition) is 2. The van der Waals surface area contributed by atoms with Crippen molar-refractivity contribution in [2.24, 2.45) is 0 Å². The second kappa shape index (κ2) is 6.69. The number of methoxy groups -OCH3 is 1. The zero-order chi connectivity index (χ0) is 14.4. The number of carbonyl (C=O) groups excluding carboxylic acids is 1. The monoisotopic (exact) mass is 267 g/mol. The summed E-state index contributed by atoms with van der Waals surface area (Å²) >= 11 is 0. The van der Waals surface area contributed by atoms with Crippen molar-refractivity contribution in [3.63, 3.8) is 0 Å². The van der Waals surface area contributed by atoms with E-state index in [0.29, 0.717) is 13.0 Å². The highest BCUT2D eigenvalue weighted by Gasteiger charge is 2.19. The predicted molar refractivity (Wildman–Crippen MR) is 70.9 cm³/mol. The summed E-state index contributed by atoms with van der Waals surface area (Å²) < 4.78 is 4.91. The molecule has 1 amide bonds. The van der Waals surface area contributed by atoms with Crippen LogP contribution in [0.25, 0.3) is 0 Å². The third-order valence-corrected chi connectivity index (χ3v) is 2.66. The molecular formula is C12H17N3O4. The number of nitro benzene ring substituents is 1. The zero-order valence-electron chi connectivity index (χ0n) is 10.9. The molecule has 1 aromatic carbocycles. The molecule has 0 aromatic heterocycles. The van der Waals surface area contributed by atoms with E-state index in [2.05, 4.69) is 5.32 Å². The summed E-state index contributed by atoms with van der Waals surface area (Å²) in [6.45, 7) is 2.34. The van der Waals surface area contributed by atoms with Crippen molar-refractivity contribution in [1.29, 1.82) is 0 Å². The van der Waals surface area contributed by atoms with Crippen LogP contribution in [0.1, 0.15) is 23.7 Å². The van der Waals surface area contributed by atoms with Gasteiger partial charge in [0.1, 0.15) is 5.69 Å². The summed E-state index contributed by atoms with van der Waals surface area (Å²) in [5.74, 6) is -0.426. The number of benzene rings is 1. The van der Waals surface area contributed by atoms with Crippen LogP contribution in [-0.4, -0.2) is 30.6 Å². The van der Waals surface area contributed by atoms with Crippen molar-refractivity contribution in [3.8, 4) is 0 Å². The van der Waals surface area contributed by atoms with Crippen LogP contribution in [0.2, 0.25) is 0 Å². The summed E-state index contributed by atoms with van der Waals surface area (Å²) in [7, 11) is 1.58. The average molecular weight is 267 g/mol. The lowest BCUT2D eigenvalue weighted by molar-refractivity contribution is -0.383. The minimum absolute atomic E-state index is 0.105. The van der Waals surface area contributed by atoms with E-state index in [1.165, 1.54) is 18.2 Å². The fourth-order valence-electron chi connectivity index (χ4n) is 1.58. The zero-order valence-corrected chi connectivity index (χ0v) is 10.9. The molecule has 1 atom stereocenters. The SMILES string of the molecule is COCCC(C)NC(=O)c1cccc([N+](=O)[O-])c1N. The molecule has 0 bridgehead atoms. The van der Waals surface area contributed by atoms with E-state index >= 15 is 0 Å². The molecule has 1 rings (SSSR count). The number of nitrogen functional groups attached to an aromatic ring is 1. The first-order valence-electron chi connectivity index (χ1n) is 5.80. The Labute approximate surface area is 110 Å². The van der Waals surface area contributed by atoms with Gasteiger partial charge in [-0.3, -0.25) is 14.9 Å². The van der Waals surface area contributed by atoms with Gasteiger partial charge in [-0.15, -0.1) is 0 Å². The van der Waals surface area contributed by atoms with Gasteiger partial charge in [-0.05, 0) is 19.4 Å². The number of hydrogen-bond acceptors (Lipinski definition) is 5. The molecule has 0 aliphatic carbocycles. The summed E-state index contributed by atoms with van der Waals surface area (Å²) in [6.07, 6.45) is 0.650. The Morgan fingerprint density at radius 2 is 2.26 bits per heavy atom. The molecule has 0 heterocycles. The van der Waals surface area contributed by atoms with Crippen molar-refractivity contribution in [1.82, 2.24) is 5.32 Å². The van der Waals surface area contributed by atoms with Crippen LogP contribution in [0.4, 0.5) is 11.4 Å². The minimum atomic E-state index is -0.611. The van der Waals surface area contributed by atoms with Crippen molar-refractivity contribution >= 4 is 17.3 Å². The van der Waals surface area contributed by atoms with Gasteiger partial charge in [-0.25, -0.2) is 0 Å². The van der Waals surface area contributed by atoms with Gasteiger partial charge in [0.15, 0.2) is 0 Å². The molecule has 0 saturated heterocycles. The van der Waals surface area contributed by atoms with Gasteiger partial charge in [0, 0.05) is 25.8 Å². The smallest absolute Gasteiger partial charge is 0.292 e. The van der Waals surface area contributed by atoms with E-state index in [9.17, 15) is 14.9 Å². The van der Waals surface area contributed by atoms with Crippen molar-refractivity contribution in [2.45, 2.75) is 19.4 Å². The average Bonchev–Trinajstić information content (AvgIpc) is 2.36. The maximum atomic E-state index is 12.0. The maximum Gasteiger partial charge on any atom is 0.292 e. The van der Waals surface area contributed by atoms with Gasteiger partial charge < -0.3 is 15.8 Å². The van der Waals surface area contributed by atoms with Crippen LogP contribution >= 0.6 is 0 Å². The number of carbonyl (C=O) groups is 1. The fourth-order valence-corrected chi connectivity index (χ4v) is 1.58. The normalized spacial score (nSPS) is 11.9. The van der Waals surface area contributed by atoms with Crippen LogP contribution in [-0.2, 0) is 4.74 Å². The Kier molecular flexibility index (Phi) is 5.25. The van der Waals surface area contributed by atoms with Gasteiger partial charge in [-0.1, -0.05) is 6.07 Å². The van der Waals surface area contributed by atoms with Crippen molar-refractivity contribution in [2.75, 3.05) is 19.5 Å². The Bertz CT molecular complexity index is 476. The first-order chi connectivity index (χ1) is 8.97. The first kappa shape index (κ1) is 14.9.